The number of hydrogen-bond donors (Lipinski definition) is 1. The number of hydrogen-bond acceptors (Lipinski definition) is 5. The molecule has 1 N–H and O–H groups in total. The van der Waals surface area contributed by atoms with Crippen LogP contribution in [0.15, 0.2) is 66.7 Å². The molecule has 0 spiro atoms. The number of carbonyl (C=O) groups is 3. The number of nitrogens with one attached hydrogen (secondary N) is 1. The molecule has 212 valence electrons. The summed E-state index contributed by atoms with van der Waals surface area (Å²) < 4.78 is 26.0. The Morgan fingerprint density at radius 3 is 2.68 bits per heavy atom. The zero-order valence-corrected chi connectivity index (χ0v) is 22.8. The van der Waals surface area contributed by atoms with Crippen LogP contribution in [0, 0.1) is 5.82 Å². The van der Waals surface area contributed by atoms with Gasteiger partial charge in [-0.2, -0.15) is 0 Å². The van der Waals surface area contributed by atoms with Crippen molar-refractivity contribution in [2.75, 3.05) is 25.5 Å². The molecule has 3 aliphatic heterocycles. The van der Waals surface area contributed by atoms with E-state index >= 15 is 0 Å². The summed E-state index contributed by atoms with van der Waals surface area (Å²) in [5.74, 6) is -0.766. The quantitative estimate of drug-likeness (QED) is 0.513. The number of amides is 3. The molecule has 0 unspecified atom stereocenters. The summed E-state index contributed by atoms with van der Waals surface area (Å²) in [6, 6.07) is 18.3. The van der Waals surface area contributed by atoms with E-state index < -0.39 is 11.7 Å². The summed E-state index contributed by atoms with van der Waals surface area (Å²) in [7, 11) is 1.74. The molecule has 1 fully saturated rings. The van der Waals surface area contributed by atoms with Gasteiger partial charge in [-0.15, -0.1) is 0 Å². The van der Waals surface area contributed by atoms with E-state index in [0.717, 1.165) is 12.5 Å². The van der Waals surface area contributed by atoms with Gasteiger partial charge in [0.05, 0.1) is 24.1 Å². The van der Waals surface area contributed by atoms with Crippen molar-refractivity contribution in [1.82, 2.24) is 9.80 Å². The topological polar surface area (TPSA) is 88.2 Å². The third-order valence-corrected chi connectivity index (χ3v) is 8.24. The first kappa shape index (κ1) is 27.0. The summed E-state index contributed by atoms with van der Waals surface area (Å²) in [6.07, 6.45) is 1.88. The fourth-order valence-corrected chi connectivity index (χ4v) is 5.97. The van der Waals surface area contributed by atoms with Crippen molar-refractivity contribution in [2.45, 2.75) is 50.5 Å². The van der Waals surface area contributed by atoms with Gasteiger partial charge in [0, 0.05) is 31.4 Å². The average molecular weight is 558 g/mol. The summed E-state index contributed by atoms with van der Waals surface area (Å²) in [5.41, 5.74) is 3.40. The summed E-state index contributed by atoms with van der Waals surface area (Å²) >= 11 is 0. The maximum absolute atomic E-state index is 13.5. The van der Waals surface area contributed by atoms with E-state index in [2.05, 4.69) is 17.4 Å². The standard InChI is InChI=1S/C32H32FN3O5/c1-35-27-11-10-25(17-30(37)36-14-13-20-5-2-3-6-22(20)18-36)41-29(27)19-40-28-12-9-24(16-26(28)32(35)39)34-31(38)21-7-4-8-23(33)15-21/h2-9,12,15-16,25,27,29H,10-11,13-14,17-19H2,1H3,(H,34,38)/t25-,27-,29+/m1/s1. The number of likely N-dealkylation sites (N-methyl/N-ethyl adjacent to an activating group) is 1. The van der Waals surface area contributed by atoms with E-state index in [1.165, 1.54) is 29.3 Å². The smallest absolute Gasteiger partial charge is 0.257 e. The van der Waals surface area contributed by atoms with Crippen LogP contribution < -0.4 is 10.1 Å². The Bertz CT molecular complexity index is 1490. The van der Waals surface area contributed by atoms with Crippen LogP contribution in [0.4, 0.5) is 10.1 Å². The van der Waals surface area contributed by atoms with Gasteiger partial charge in [0.2, 0.25) is 5.91 Å². The van der Waals surface area contributed by atoms with Gasteiger partial charge in [-0.1, -0.05) is 30.3 Å². The van der Waals surface area contributed by atoms with Crippen LogP contribution in [-0.4, -0.2) is 66.0 Å². The molecule has 0 aromatic heterocycles. The zero-order chi connectivity index (χ0) is 28.5. The summed E-state index contributed by atoms with van der Waals surface area (Å²) in [6.45, 7) is 1.55. The van der Waals surface area contributed by atoms with Crippen LogP contribution in [0.5, 0.6) is 5.75 Å². The Kier molecular flexibility index (Phi) is 7.45. The molecule has 3 aliphatic rings. The molecular formula is C32H32FN3O5. The maximum atomic E-state index is 13.5. The Balaban J connectivity index is 1.11. The highest BCUT2D eigenvalue weighted by Gasteiger charge is 2.39. The van der Waals surface area contributed by atoms with Gasteiger partial charge >= 0.3 is 0 Å². The first-order valence-corrected chi connectivity index (χ1v) is 14.0. The van der Waals surface area contributed by atoms with Crippen LogP contribution in [0.3, 0.4) is 0 Å². The fraction of sp³-hybridized carbons (Fsp3) is 0.344. The molecule has 1 saturated heterocycles. The molecule has 8 nitrogen and oxygen atoms in total. The second kappa shape index (κ2) is 11.3. The minimum absolute atomic E-state index is 0.0808. The Labute approximate surface area is 238 Å². The average Bonchev–Trinajstić information content (AvgIpc) is 2.99. The summed E-state index contributed by atoms with van der Waals surface area (Å²) in [4.78, 5) is 42.9. The van der Waals surface area contributed by atoms with Gasteiger partial charge in [-0.25, -0.2) is 4.39 Å². The highest BCUT2D eigenvalue weighted by molar-refractivity contribution is 6.05. The van der Waals surface area contributed by atoms with Crippen LogP contribution in [0.2, 0.25) is 0 Å². The molecule has 0 aliphatic carbocycles. The third-order valence-electron chi connectivity index (χ3n) is 8.24. The van der Waals surface area contributed by atoms with Crippen LogP contribution in [0.25, 0.3) is 0 Å². The van der Waals surface area contributed by atoms with Crippen molar-refractivity contribution in [2.24, 2.45) is 0 Å². The minimum atomic E-state index is -0.505. The molecule has 3 atom stereocenters. The maximum Gasteiger partial charge on any atom is 0.257 e. The molecule has 0 bridgehead atoms. The lowest BCUT2D eigenvalue weighted by Crippen LogP contribution is -2.54. The van der Waals surface area contributed by atoms with Crippen molar-refractivity contribution in [3.05, 3.63) is 94.8 Å². The van der Waals surface area contributed by atoms with Gasteiger partial charge in [-0.3, -0.25) is 14.4 Å². The van der Waals surface area contributed by atoms with Gasteiger partial charge < -0.3 is 24.6 Å². The number of nitrogens with zero attached hydrogens (tertiary/aromatic N) is 2. The van der Waals surface area contributed by atoms with Crippen molar-refractivity contribution in [3.63, 3.8) is 0 Å². The molecule has 0 saturated carbocycles. The Morgan fingerprint density at radius 2 is 1.85 bits per heavy atom. The van der Waals surface area contributed by atoms with Gasteiger partial charge in [0.25, 0.3) is 11.8 Å². The fourth-order valence-electron chi connectivity index (χ4n) is 5.97. The van der Waals surface area contributed by atoms with E-state index in [-0.39, 0.29) is 42.2 Å². The molecule has 0 radical (unpaired) electrons. The van der Waals surface area contributed by atoms with Gasteiger partial charge in [0.15, 0.2) is 0 Å². The lowest BCUT2D eigenvalue weighted by atomic mass is 9.94. The molecule has 41 heavy (non-hydrogen) atoms. The number of fused-ring (bicyclic) bond motifs is 3. The van der Waals surface area contributed by atoms with Crippen molar-refractivity contribution in [3.8, 4) is 5.75 Å². The lowest BCUT2D eigenvalue weighted by molar-refractivity contribution is -0.143. The summed E-state index contributed by atoms with van der Waals surface area (Å²) in [5, 5.41) is 2.73. The first-order valence-electron chi connectivity index (χ1n) is 14.0. The number of benzene rings is 3. The van der Waals surface area contributed by atoms with Crippen LogP contribution in [-0.2, 0) is 22.5 Å². The normalized spacial score (nSPS) is 21.9. The highest BCUT2D eigenvalue weighted by Crippen LogP contribution is 2.33. The van der Waals surface area contributed by atoms with E-state index in [1.54, 1.807) is 30.1 Å². The molecule has 9 heteroatoms. The number of carbonyl (C=O) groups excluding carboxylic acids is 3. The third kappa shape index (κ3) is 5.67. The van der Waals surface area contributed by atoms with Gasteiger partial charge in [-0.05, 0) is 66.8 Å². The van der Waals surface area contributed by atoms with Crippen molar-refractivity contribution >= 4 is 23.4 Å². The van der Waals surface area contributed by atoms with Crippen molar-refractivity contribution < 1.29 is 28.2 Å². The van der Waals surface area contributed by atoms with E-state index in [1.807, 2.05) is 17.0 Å². The SMILES string of the molecule is CN1C(=O)c2cc(NC(=O)c3cccc(F)c3)ccc2OC[C@@H]2O[C@@H](CC(=O)N3CCc4ccccc4C3)CC[C@H]21. The molecule has 6 rings (SSSR count). The molecule has 3 heterocycles. The molecule has 3 aromatic carbocycles. The predicted octanol–water partition coefficient (Wildman–Crippen LogP) is 4.43. The Morgan fingerprint density at radius 1 is 1.02 bits per heavy atom. The van der Waals surface area contributed by atoms with Crippen LogP contribution >= 0.6 is 0 Å². The minimum Gasteiger partial charge on any atom is -0.490 e. The monoisotopic (exact) mass is 557 g/mol. The number of halogens is 1. The van der Waals surface area contributed by atoms with Crippen LogP contribution in [0.1, 0.15) is 51.1 Å². The molecule has 3 amide bonds. The van der Waals surface area contributed by atoms with Crippen molar-refractivity contribution in [1.29, 1.82) is 0 Å². The highest BCUT2D eigenvalue weighted by atomic mass is 19.1. The predicted molar refractivity (Wildman–Crippen MR) is 150 cm³/mol. The largest absolute Gasteiger partial charge is 0.490 e. The number of anilines is 1. The second-order valence-corrected chi connectivity index (χ2v) is 10.9. The van der Waals surface area contributed by atoms with E-state index in [0.29, 0.717) is 49.4 Å². The lowest BCUT2D eigenvalue weighted by Gasteiger charge is -2.42. The van der Waals surface area contributed by atoms with E-state index in [4.69, 9.17) is 9.47 Å². The van der Waals surface area contributed by atoms with E-state index in [9.17, 15) is 18.8 Å². The number of ether oxygens (including phenoxy) is 2. The first-order chi connectivity index (χ1) is 19.9. The number of rotatable bonds is 4. The second-order valence-electron chi connectivity index (χ2n) is 10.9. The molecular weight excluding hydrogens is 525 g/mol. The van der Waals surface area contributed by atoms with Gasteiger partial charge in [0.1, 0.15) is 24.3 Å². The zero-order valence-electron chi connectivity index (χ0n) is 22.8. The Hall–Kier alpha value is -4.24. The molecule has 3 aromatic rings.